The van der Waals surface area contributed by atoms with E-state index in [2.05, 4.69) is 22.5 Å². The van der Waals surface area contributed by atoms with Crippen molar-refractivity contribution in [3.63, 3.8) is 0 Å². The minimum absolute atomic E-state index is 0.103. The third-order valence-corrected chi connectivity index (χ3v) is 8.14. The van der Waals surface area contributed by atoms with E-state index in [-0.39, 0.29) is 24.0 Å². The smallest absolute Gasteiger partial charge is 0.255 e. The molecule has 0 unspecified atom stereocenters. The number of carbonyl (C=O) groups is 1. The second-order valence-electron chi connectivity index (χ2n) is 10.8. The monoisotopic (exact) mass is 522 g/mol. The zero-order valence-corrected chi connectivity index (χ0v) is 21.6. The highest BCUT2D eigenvalue weighted by Crippen LogP contribution is 2.47. The molecule has 5 rings (SSSR count). The molecule has 1 aromatic heterocycles. The molecule has 0 aliphatic heterocycles. The lowest BCUT2D eigenvalue weighted by Crippen LogP contribution is -2.33. The second-order valence-corrected chi connectivity index (χ2v) is 10.8. The number of amides is 1. The molecule has 1 heterocycles. The molecule has 0 spiro atoms. The lowest BCUT2D eigenvalue weighted by Gasteiger charge is -2.32. The van der Waals surface area contributed by atoms with Gasteiger partial charge in [0, 0.05) is 35.8 Å². The van der Waals surface area contributed by atoms with Gasteiger partial charge in [0.05, 0.1) is 11.3 Å². The standard InChI is InChI=1S/C30H33F3N4O/c1-19-4-12-24(13-5-19)36-29-35-18-25(28(38)34-17-20-6-9-23(32)16-26(20)33)27(37-29)30(14-2-3-15-30)21-7-10-22(31)11-8-21/h6-11,16,18-19,24H,2-5,12-15,17H2,1H3,(H,34,38)(H,35,36,37). The van der Waals surface area contributed by atoms with Gasteiger partial charge in [-0.1, -0.05) is 38.0 Å². The fourth-order valence-electron chi connectivity index (χ4n) is 5.91. The van der Waals surface area contributed by atoms with Gasteiger partial charge < -0.3 is 10.6 Å². The number of nitrogens with zero attached hydrogens (tertiary/aromatic N) is 2. The van der Waals surface area contributed by atoms with E-state index in [1.54, 1.807) is 12.1 Å². The SMILES string of the molecule is CC1CCC(Nc2ncc(C(=O)NCc3ccc(F)cc3F)c(C3(c4ccc(F)cc4)CCCC3)n2)CC1. The molecule has 0 radical (unpaired) electrons. The first kappa shape index (κ1) is 26.2. The number of anilines is 1. The van der Waals surface area contributed by atoms with Crippen molar-refractivity contribution < 1.29 is 18.0 Å². The number of nitrogens with one attached hydrogen (secondary N) is 2. The second kappa shape index (κ2) is 11.1. The molecule has 2 N–H and O–H groups in total. The van der Waals surface area contributed by atoms with Crippen molar-refractivity contribution in [3.05, 3.63) is 88.5 Å². The molecule has 5 nitrogen and oxygen atoms in total. The predicted molar refractivity (Wildman–Crippen MR) is 140 cm³/mol. The van der Waals surface area contributed by atoms with Crippen molar-refractivity contribution in [2.45, 2.75) is 76.3 Å². The van der Waals surface area contributed by atoms with Gasteiger partial charge in [-0.15, -0.1) is 0 Å². The van der Waals surface area contributed by atoms with Crippen LogP contribution >= 0.6 is 0 Å². The maximum absolute atomic E-state index is 14.2. The zero-order valence-electron chi connectivity index (χ0n) is 21.6. The van der Waals surface area contributed by atoms with Crippen LogP contribution in [0.3, 0.4) is 0 Å². The van der Waals surface area contributed by atoms with E-state index in [4.69, 9.17) is 4.98 Å². The maximum atomic E-state index is 14.2. The number of halogens is 3. The Kier molecular flexibility index (Phi) is 7.68. The van der Waals surface area contributed by atoms with Crippen molar-refractivity contribution in [2.75, 3.05) is 5.32 Å². The molecule has 2 aromatic carbocycles. The molecule has 3 aromatic rings. The third-order valence-electron chi connectivity index (χ3n) is 8.14. The fraction of sp³-hybridized carbons (Fsp3) is 0.433. The molecule has 8 heteroatoms. The van der Waals surface area contributed by atoms with Crippen LogP contribution in [-0.4, -0.2) is 21.9 Å². The fourth-order valence-corrected chi connectivity index (χ4v) is 5.91. The molecular weight excluding hydrogens is 489 g/mol. The lowest BCUT2D eigenvalue weighted by atomic mass is 9.74. The summed E-state index contributed by atoms with van der Waals surface area (Å²) in [5.74, 6) is -0.961. The molecule has 2 aliphatic carbocycles. The normalized spacial score (nSPS) is 20.7. The van der Waals surface area contributed by atoms with Crippen LogP contribution < -0.4 is 10.6 Å². The van der Waals surface area contributed by atoms with E-state index in [1.807, 2.05) is 0 Å². The molecule has 0 saturated heterocycles. The van der Waals surface area contributed by atoms with Crippen LogP contribution in [0.5, 0.6) is 0 Å². The van der Waals surface area contributed by atoms with Gasteiger partial charge in [-0.25, -0.2) is 23.1 Å². The molecule has 0 atom stereocenters. The Morgan fingerprint density at radius 3 is 2.34 bits per heavy atom. The summed E-state index contributed by atoms with van der Waals surface area (Å²) >= 11 is 0. The number of hydrogen-bond donors (Lipinski definition) is 2. The highest BCUT2D eigenvalue weighted by molar-refractivity contribution is 5.95. The molecule has 200 valence electrons. The van der Waals surface area contributed by atoms with Gasteiger partial charge in [0.2, 0.25) is 5.95 Å². The number of aromatic nitrogens is 2. The van der Waals surface area contributed by atoms with E-state index in [0.29, 0.717) is 23.1 Å². The van der Waals surface area contributed by atoms with E-state index < -0.39 is 23.0 Å². The van der Waals surface area contributed by atoms with Crippen LogP contribution in [0, 0.1) is 23.4 Å². The largest absolute Gasteiger partial charge is 0.351 e. The summed E-state index contributed by atoms with van der Waals surface area (Å²) in [4.78, 5) is 22.9. The number of rotatable bonds is 7. The van der Waals surface area contributed by atoms with Crippen LogP contribution in [0.4, 0.5) is 19.1 Å². The van der Waals surface area contributed by atoms with Crippen LogP contribution in [0.1, 0.15) is 85.5 Å². The molecule has 1 amide bonds. The topological polar surface area (TPSA) is 66.9 Å². The minimum Gasteiger partial charge on any atom is -0.351 e. The van der Waals surface area contributed by atoms with E-state index >= 15 is 0 Å². The van der Waals surface area contributed by atoms with E-state index in [9.17, 15) is 18.0 Å². The van der Waals surface area contributed by atoms with Gasteiger partial charge in [-0.3, -0.25) is 4.79 Å². The van der Waals surface area contributed by atoms with Crippen molar-refractivity contribution in [1.82, 2.24) is 15.3 Å². The van der Waals surface area contributed by atoms with Gasteiger partial charge in [0.1, 0.15) is 17.5 Å². The maximum Gasteiger partial charge on any atom is 0.255 e. The summed E-state index contributed by atoms with van der Waals surface area (Å²) in [6.07, 6.45) is 9.33. The van der Waals surface area contributed by atoms with Crippen molar-refractivity contribution >= 4 is 11.9 Å². The summed E-state index contributed by atoms with van der Waals surface area (Å²) in [6.45, 7) is 2.16. The van der Waals surface area contributed by atoms with Crippen molar-refractivity contribution in [2.24, 2.45) is 5.92 Å². The summed E-state index contributed by atoms with van der Waals surface area (Å²) in [7, 11) is 0. The van der Waals surface area contributed by atoms with E-state index in [1.165, 1.54) is 24.4 Å². The molecule has 38 heavy (non-hydrogen) atoms. The van der Waals surface area contributed by atoms with Gasteiger partial charge in [-0.2, -0.15) is 0 Å². The van der Waals surface area contributed by atoms with Crippen LogP contribution in [0.15, 0.2) is 48.7 Å². The Labute approximate surface area is 221 Å². The molecule has 0 bridgehead atoms. The number of benzene rings is 2. The average Bonchev–Trinajstić information content (AvgIpc) is 3.41. The first-order valence-electron chi connectivity index (χ1n) is 13.5. The lowest BCUT2D eigenvalue weighted by molar-refractivity contribution is 0.0947. The number of hydrogen-bond acceptors (Lipinski definition) is 4. The Balaban J connectivity index is 1.49. The van der Waals surface area contributed by atoms with Gasteiger partial charge in [0.25, 0.3) is 5.91 Å². The summed E-state index contributed by atoms with van der Waals surface area (Å²) in [6, 6.07) is 9.97. The zero-order chi connectivity index (χ0) is 26.7. The van der Waals surface area contributed by atoms with Crippen molar-refractivity contribution in [1.29, 1.82) is 0 Å². The Morgan fingerprint density at radius 2 is 1.66 bits per heavy atom. The van der Waals surface area contributed by atoms with Crippen LogP contribution in [0.25, 0.3) is 0 Å². The molecule has 2 saturated carbocycles. The van der Waals surface area contributed by atoms with Crippen LogP contribution in [-0.2, 0) is 12.0 Å². The van der Waals surface area contributed by atoms with E-state index in [0.717, 1.165) is 69.1 Å². The number of carbonyl (C=O) groups excluding carboxylic acids is 1. The first-order chi connectivity index (χ1) is 18.3. The van der Waals surface area contributed by atoms with Crippen LogP contribution in [0.2, 0.25) is 0 Å². The Hall–Kier alpha value is -3.42. The predicted octanol–water partition coefficient (Wildman–Crippen LogP) is 6.67. The average molecular weight is 523 g/mol. The molecular formula is C30H33F3N4O. The summed E-state index contributed by atoms with van der Waals surface area (Å²) < 4.78 is 41.3. The highest BCUT2D eigenvalue weighted by atomic mass is 19.1. The Bertz CT molecular complexity index is 1280. The highest BCUT2D eigenvalue weighted by Gasteiger charge is 2.42. The molecule has 2 aliphatic rings. The van der Waals surface area contributed by atoms with Gasteiger partial charge >= 0.3 is 0 Å². The molecule has 2 fully saturated rings. The quantitative estimate of drug-likeness (QED) is 0.364. The first-order valence-corrected chi connectivity index (χ1v) is 13.5. The van der Waals surface area contributed by atoms with Gasteiger partial charge in [-0.05, 0) is 68.2 Å². The summed E-state index contributed by atoms with van der Waals surface area (Å²) in [5, 5.41) is 6.24. The van der Waals surface area contributed by atoms with Crippen molar-refractivity contribution in [3.8, 4) is 0 Å². The minimum atomic E-state index is -0.721. The van der Waals surface area contributed by atoms with Gasteiger partial charge in [0.15, 0.2) is 0 Å². The third kappa shape index (κ3) is 5.54. The summed E-state index contributed by atoms with van der Waals surface area (Å²) in [5.41, 5.74) is 1.43. The Morgan fingerprint density at radius 1 is 0.974 bits per heavy atom.